The van der Waals surface area contributed by atoms with Gasteiger partial charge in [0.25, 0.3) is 0 Å². The normalized spacial score (nSPS) is 23.6. The molecule has 3 rings (SSSR count). The molecule has 120 valence electrons. The van der Waals surface area contributed by atoms with Gasteiger partial charge in [0, 0.05) is 31.9 Å². The predicted octanol–water partition coefficient (Wildman–Crippen LogP) is 2.21. The van der Waals surface area contributed by atoms with Gasteiger partial charge in [0.05, 0.1) is 6.04 Å². The van der Waals surface area contributed by atoms with Crippen molar-refractivity contribution in [3.8, 4) is 0 Å². The third-order valence-corrected chi connectivity index (χ3v) is 5.02. The van der Waals surface area contributed by atoms with E-state index in [2.05, 4.69) is 45.9 Å². The van der Waals surface area contributed by atoms with Crippen molar-refractivity contribution in [1.29, 1.82) is 0 Å². The molecule has 1 aromatic carbocycles. The molecule has 1 unspecified atom stereocenters. The Morgan fingerprint density at radius 1 is 1.05 bits per heavy atom. The van der Waals surface area contributed by atoms with Crippen LogP contribution >= 0.6 is 0 Å². The Morgan fingerprint density at radius 2 is 1.77 bits per heavy atom. The molecule has 2 fully saturated rings. The molecular weight excluding hydrogens is 274 g/mol. The zero-order valence-corrected chi connectivity index (χ0v) is 13.6. The highest BCUT2D eigenvalue weighted by Gasteiger charge is 2.32. The summed E-state index contributed by atoms with van der Waals surface area (Å²) < 4.78 is 0. The largest absolute Gasteiger partial charge is 0.368 e. The second-order valence-corrected chi connectivity index (χ2v) is 6.29. The van der Waals surface area contributed by atoms with Crippen LogP contribution in [0.2, 0.25) is 0 Å². The lowest BCUT2D eigenvalue weighted by Crippen LogP contribution is -2.56. The second kappa shape index (κ2) is 7.14. The van der Waals surface area contributed by atoms with Crippen LogP contribution in [0.1, 0.15) is 26.2 Å². The molecule has 0 spiro atoms. The monoisotopic (exact) mass is 301 g/mol. The van der Waals surface area contributed by atoms with E-state index in [1.54, 1.807) is 0 Å². The van der Waals surface area contributed by atoms with Gasteiger partial charge < -0.3 is 9.80 Å². The SMILES string of the molecule is CCN1CCCCC1C(=O)N1CCN(c2ccccc2)CC1. The number of anilines is 1. The van der Waals surface area contributed by atoms with Crippen LogP contribution in [0, 0.1) is 0 Å². The van der Waals surface area contributed by atoms with Crippen LogP contribution < -0.4 is 4.90 Å². The third-order valence-electron chi connectivity index (χ3n) is 5.02. The van der Waals surface area contributed by atoms with E-state index in [1.807, 2.05) is 6.07 Å². The van der Waals surface area contributed by atoms with Crippen LogP contribution in [0.4, 0.5) is 5.69 Å². The van der Waals surface area contributed by atoms with Gasteiger partial charge >= 0.3 is 0 Å². The topological polar surface area (TPSA) is 26.8 Å². The van der Waals surface area contributed by atoms with Crippen molar-refractivity contribution in [1.82, 2.24) is 9.80 Å². The molecule has 0 saturated carbocycles. The average Bonchev–Trinajstić information content (AvgIpc) is 2.62. The Hall–Kier alpha value is -1.55. The van der Waals surface area contributed by atoms with Gasteiger partial charge in [-0.1, -0.05) is 31.5 Å². The summed E-state index contributed by atoms with van der Waals surface area (Å²) >= 11 is 0. The smallest absolute Gasteiger partial charge is 0.240 e. The Balaban J connectivity index is 1.57. The number of likely N-dealkylation sites (N-methyl/N-ethyl adjacent to an activating group) is 1. The maximum Gasteiger partial charge on any atom is 0.240 e. The summed E-state index contributed by atoms with van der Waals surface area (Å²) in [6, 6.07) is 10.6. The molecule has 0 aliphatic carbocycles. The first-order valence-corrected chi connectivity index (χ1v) is 8.62. The van der Waals surface area contributed by atoms with Crippen molar-refractivity contribution >= 4 is 11.6 Å². The number of rotatable bonds is 3. The molecule has 1 aromatic rings. The fourth-order valence-electron chi connectivity index (χ4n) is 3.68. The van der Waals surface area contributed by atoms with Crippen molar-refractivity contribution in [2.75, 3.05) is 44.2 Å². The summed E-state index contributed by atoms with van der Waals surface area (Å²) in [4.78, 5) is 19.6. The number of benzene rings is 1. The first kappa shape index (κ1) is 15.3. The highest BCUT2D eigenvalue weighted by atomic mass is 16.2. The number of piperidine rings is 1. The zero-order valence-electron chi connectivity index (χ0n) is 13.6. The number of piperazine rings is 1. The molecule has 4 heteroatoms. The van der Waals surface area contributed by atoms with Gasteiger partial charge in [-0.3, -0.25) is 9.69 Å². The summed E-state index contributed by atoms with van der Waals surface area (Å²) in [5.74, 6) is 0.356. The Kier molecular flexibility index (Phi) is 4.98. The van der Waals surface area contributed by atoms with Crippen LogP contribution in [0.25, 0.3) is 0 Å². The average molecular weight is 301 g/mol. The van der Waals surface area contributed by atoms with Gasteiger partial charge in [0.15, 0.2) is 0 Å². The minimum absolute atomic E-state index is 0.127. The van der Waals surface area contributed by atoms with Gasteiger partial charge in [0.2, 0.25) is 5.91 Å². The molecule has 0 bridgehead atoms. The summed E-state index contributed by atoms with van der Waals surface area (Å²) in [7, 11) is 0. The molecule has 4 nitrogen and oxygen atoms in total. The summed E-state index contributed by atoms with van der Waals surface area (Å²) in [5.41, 5.74) is 1.27. The van der Waals surface area contributed by atoms with E-state index < -0.39 is 0 Å². The first-order valence-electron chi connectivity index (χ1n) is 8.62. The number of carbonyl (C=O) groups excluding carboxylic acids is 1. The molecule has 0 radical (unpaired) electrons. The first-order chi connectivity index (χ1) is 10.8. The van der Waals surface area contributed by atoms with E-state index in [0.717, 1.165) is 45.7 Å². The quantitative estimate of drug-likeness (QED) is 0.856. The summed E-state index contributed by atoms with van der Waals surface area (Å²) in [6.45, 7) is 7.81. The Morgan fingerprint density at radius 3 is 2.45 bits per heavy atom. The van der Waals surface area contributed by atoms with Crippen LogP contribution in [-0.2, 0) is 4.79 Å². The summed E-state index contributed by atoms with van der Waals surface area (Å²) in [6.07, 6.45) is 3.46. The van der Waals surface area contributed by atoms with E-state index >= 15 is 0 Å². The van der Waals surface area contributed by atoms with Crippen molar-refractivity contribution in [3.63, 3.8) is 0 Å². The fraction of sp³-hybridized carbons (Fsp3) is 0.611. The molecule has 1 atom stereocenters. The second-order valence-electron chi connectivity index (χ2n) is 6.29. The van der Waals surface area contributed by atoms with Gasteiger partial charge in [0.1, 0.15) is 0 Å². The lowest BCUT2D eigenvalue weighted by molar-refractivity contribution is -0.138. The van der Waals surface area contributed by atoms with Gasteiger partial charge in [-0.25, -0.2) is 0 Å². The maximum absolute atomic E-state index is 12.8. The van der Waals surface area contributed by atoms with Gasteiger partial charge in [-0.2, -0.15) is 0 Å². The molecule has 0 aromatic heterocycles. The Labute approximate surface area is 133 Å². The minimum Gasteiger partial charge on any atom is -0.368 e. The van der Waals surface area contributed by atoms with Crippen LogP contribution in [0.3, 0.4) is 0 Å². The number of hydrogen-bond donors (Lipinski definition) is 0. The molecule has 2 aliphatic heterocycles. The van der Waals surface area contributed by atoms with Crippen molar-refractivity contribution in [3.05, 3.63) is 30.3 Å². The molecule has 22 heavy (non-hydrogen) atoms. The highest BCUT2D eigenvalue weighted by molar-refractivity contribution is 5.82. The van der Waals surface area contributed by atoms with Crippen LogP contribution in [0.15, 0.2) is 30.3 Å². The van der Waals surface area contributed by atoms with E-state index in [0.29, 0.717) is 5.91 Å². The number of amides is 1. The Bertz CT molecular complexity index is 482. The van der Waals surface area contributed by atoms with Crippen molar-refractivity contribution < 1.29 is 4.79 Å². The van der Waals surface area contributed by atoms with E-state index in [4.69, 9.17) is 0 Å². The third kappa shape index (κ3) is 3.27. The number of nitrogens with zero attached hydrogens (tertiary/aromatic N) is 3. The van der Waals surface area contributed by atoms with Crippen molar-refractivity contribution in [2.45, 2.75) is 32.2 Å². The molecular formula is C18H27N3O. The minimum atomic E-state index is 0.127. The van der Waals surface area contributed by atoms with E-state index in [9.17, 15) is 4.79 Å². The molecule has 1 amide bonds. The van der Waals surface area contributed by atoms with E-state index in [-0.39, 0.29) is 6.04 Å². The number of carbonyl (C=O) groups is 1. The lowest BCUT2D eigenvalue weighted by Gasteiger charge is -2.41. The highest BCUT2D eigenvalue weighted by Crippen LogP contribution is 2.21. The van der Waals surface area contributed by atoms with Crippen molar-refractivity contribution in [2.24, 2.45) is 0 Å². The zero-order chi connectivity index (χ0) is 15.4. The number of para-hydroxylation sites is 1. The molecule has 2 aliphatic rings. The lowest BCUT2D eigenvalue weighted by atomic mass is 10.0. The standard InChI is InChI=1S/C18H27N3O/c1-2-19-11-7-6-10-17(19)18(22)21-14-12-20(13-15-21)16-8-4-3-5-9-16/h3-5,8-9,17H,2,6-7,10-15H2,1H3. The fourth-order valence-corrected chi connectivity index (χ4v) is 3.68. The predicted molar refractivity (Wildman–Crippen MR) is 90.1 cm³/mol. The number of likely N-dealkylation sites (tertiary alicyclic amines) is 1. The van der Waals surface area contributed by atoms with Crippen LogP contribution in [0.5, 0.6) is 0 Å². The van der Waals surface area contributed by atoms with Gasteiger partial charge in [-0.15, -0.1) is 0 Å². The molecule has 2 saturated heterocycles. The molecule has 2 heterocycles. The summed E-state index contributed by atoms with van der Waals surface area (Å²) in [5, 5.41) is 0. The van der Waals surface area contributed by atoms with Crippen LogP contribution in [-0.4, -0.2) is 61.0 Å². The van der Waals surface area contributed by atoms with E-state index in [1.165, 1.54) is 18.5 Å². The molecule has 0 N–H and O–H groups in total. The maximum atomic E-state index is 12.8. The number of hydrogen-bond acceptors (Lipinski definition) is 3. The van der Waals surface area contributed by atoms with Gasteiger partial charge in [-0.05, 0) is 38.1 Å².